The van der Waals surface area contributed by atoms with Crippen LogP contribution in [-0.2, 0) is 4.74 Å². The van der Waals surface area contributed by atoms with Crippen LogP contribution in [0.4, 0.5) is 0 Å². The first-order chi connectivity index (χ1) is 2.41. The molecule has 0 spiro atoms. The number of ether oxygens (including phenoxy) is 1. The minimum absolute atomic E-state index is 0. The molecule has 7 heavy (non-hydrogen) atoms. The molecule has 0 N–H and O–H groups in total. The van der Waals surface area contributed by atoms with Crippen molar-refractivity contribution in [2.75, 3.05) is 13.2 Å². The van der Waals surface area contributed by atoms with E-state index in [4.69, 9.17) is 4.74 Å². The predicted molar refractivity (Wildman–Crippen MR) is 35.6 cm³/mol. The van der Waals surface area contributed by atoms with Gasteiger partial charge in [-0.25, -0.2) is 0 Å². The van der Waals surface area contributed by atoms with Crippen LogP contribution in [0.15, 0.2) is 0 Å². The molecule has 0 bridgehead atoms. The maximum Gasteiger partial charge on any atom is 0.0437 e. The number of hydrogen-bond acceptors (Lipinski definition) is 1. The first-order valence-corrected chi connectivity index (χ1v) is 1.99. The maximum absolute atomic E-state index is 4.83. The van der Waals surface area contributed by atoms with Gasteiger partial charge in [0.15, 0.2) is 0 Å². The first-order valence-electron chi connectivity index (χ1n) is 1.99. The van der Waals surface area contributed by atoms with E-state index < -0.39 is 0 Å². The second-order valence-electron chi connectivity index (χ2n) is 0.781. The molecule has 0 aliphatic heterocycles. The van der Waals surface area contributed by atoms with Crippen LogP contribution in [-0.4, -0.2) is 13.2 Å². The van der Waals surface area contributed by atoms with Crippen LogP contribution in [0.3, 0.4) is 0 Å². The summed E-state index contributed by atoms with van der Waals surface area (Å²) in [7, 11) is 0. The van der Waals surface area contributed by atoms with Gasteiger partial charge in [0.1, 0.15) is 0 Å². The first kappa shape index (κ1) is 15.8. The summed E-state index contributed by atoms with van der Waals surface area (Å²) in [4.78, 5) is 0. The second kappa shape index (κ2) is 16.7. The molecular weight excluding hydrogens is 88.1 g/mol. The van der Waals surface area contributed by atoms with Crippen molar-refractivity contribution in [1.82, 2.24) is 0 Å². The van der Waals surface area contributed by atoms with Gasteiger partial charge in [0.05, 0.1) is 0 Å². The molecule has 0 atom stereocenters. The third-order valence-electron chi connectivity index (χ3n) is 0.408. The molecule has 0 aromatic carbocycles. The van der Waals surface area contributed by atoms with Crippen molar-refractivity contribution in [3.8, 4) is 0 Å². The van der Waals surface area contributed by atoms with Crippen LogP contribution >= 0.6 is 0 Å². The van der Waals surface area contributed by atoms with Gasteiger partial charge in [-0.2, -0.15) is 0 Å². The van der Waals surface area contributed by atoms with Gasteiger partial charge in [0.25, 0.3) is 0 Å². The van der Waals surface area contributed by atoms with Crippen LogP contribution in [0.2, 0.25) is 0 Å². The lowest BCUT2D eigenvalue weighted by molar-refractivity contribution is 0.162. The van der Waals surface area contributed by atoms with Gasteiger partial charge in [0, 0.05) is 13.2 Å². The van der Waals surface area contributed by atoms with Crippen molar-refractivity contribution in [1.29, 1.82) is 0 Å². The van der Waals surface area contributed by atoms with E-state index in [2.05, 4.69) is 0 Å². The van der Waals surface area contributed by atoms with Gasteiger partial charge in [0.2, 0.25) is 0 Å². The van der Waals surface area contributed by atoms with E-state index in [0.29, 0.717) is 0 Å². The van der Waals surface area contributed by atoms with Crippen LogP contribution in [0.5, 0.6) is 0 Å². The monoisotopic (exact) mass is 106 g/mol. The van der Waals surface area contributed by atoms with Gasteiger partial charge in [-0.05, 0) is 13.8 Å². The highest BCUT2D eigenvalue weighted by molar-refractivity contribution is 4.07. The minimum Gasteiger partial charge on any atom is -0.382 e. The summed E-state index contributed by atoms with van der Waals surface area (Å²) >= 11 is 0. The Morgan fingerprint density at radius 2 is 1.29 bits per heavy atom. The number of rotatable bonds is 2. The van der Waals surface area contributed by atoms with Gasteiger partial charge >= 0.3 is 0 Å². The van der Waals surface area contributed by atoms with Gasteiger partial charge < -0.3 is 4.74 Å². The molecule has 0 fully saturated rings. The van der Waals surface area contributed by atoms with Gasteiger partial charge in [-0.3, -0.25) is 0 Å². The molecule has 0 amide bonds. The Morgan fingerprint density at radius 3 is 1.29 bits per heavy atom. The molecule has 0 rings (SSSR count). The van der Waals surface area contributed by atoms with Gasteiger partial charge in [-0.1, -0.05) is 14.9 Å². The largest absolute Gasteiger partial charge is 0.382 e. The highest BCUT2D eigenvalue weighted by Crippen LogP contribution is 1.64. The van der Waals surface area contributed by atoms with Crippen molar-refractivity contribution in [2.45, 2.75) is 28.7 Å². The zero-order valence-corrected chi connectivity index (χ0v) is 3.82. The standard InChI is InChI=1S/C4H10O.2CH4/c1-3-5-4-2;;/h3-4H2,1-2H3;2*1H4. The lowest BCUT2D eigenvalue weighted by atomic mass is 10.8. The summed E-state index contributed by atoms with van der Waals surface area (Å²) in [6.45, 7) is 5.67. The number of hydrogen-bond donors (Lipinski definition) is 0. The molecule has 0 aromatic rings. The van der Waals surface area contributed by atoms with E-state index in [1.165, 1.54) is 0 Å². The highest BCUT2D eigenvalue weighted by Gasteiger charge is 1.64. The fraction of sp³-hybridized carbons (Fsp3) is 1.00. The normalized spacial score (nSPS) is 6.00. The van der Waals surface area contributed by atoms with Gasteiger partial charge in [-0.15, -0.1) is 0 Å². The summed E-state index contributed by atoms with van der Waals surface area (Å²) in [5.74, 6) is 0. The molecule has 0 heterocycles. The molecule has 0 unspecified atom stereocenters. The Kier molecular flexibility index (Phi) is 37.7. The molecule has 0 aliphatic carbocycles. The van der Waals surface area contributed by atoms with E-state index in [1.54, 1.807) is 0 Å². The average molecular weight is 106 g/mol. The Hall–Kier alpha value is -0.0400. The summed E-state index contributed by atoms with van der Waals surface area (Å²) in [6, 6.07) is 0. The lowest BCUT2D eigenvalue weighted by Crippen LogP contribution is -1.84. The molecule has 1 nitrogen and oxygen atoms in total. The SMILES string of the molecule is C.C.CCOCC. The van der Waals surface area contributed by atoms with E-state index in [9.17, 15) is 0 Å². The Morgan fingerprint density at radius 1 is 1.00 bits per heavy atom. The summed E-state index contributed by atoms with van der Waals surface area (Å²) in [5, 5.41) is 0. The Bertz CT molecular complexity index is 11.7. The van der Waals surface area contributed by atoms with Crippen molar-refractivity contribution in [3.63, 3.8) is 0 Å². The summed E-state index contributed by atoms with van der Waals surface area (Å²) < 4.78 is 4.83. The highest BCUT2D eigenvalue weighted by atomic mass is 16.5. The fourth-order valence-electron chi connectivity index (χ4n) is 0.204. The van der Waals surface area contributed by atoms with Crippen LogP contribution in [0, 0.1) is 0 Å². The second-order valence-corrected chi connectivity index (χ2v) is 0.781. The molecule has 48 valence electrons. The van der Waals surface area contributed by atoms with E-state index >= 15 is 0 Å². The smallest absolute Gasteiger partial charge is 0.0437 e. The quantitative estimate of drug-likeness (QED) is 0.525. The van der Waals surface area contributed by atoms with E-state index in [1.807, 2.05) is 13.8 Å². The third-order valence-corrected chi connectivity index (χ3v) is 0.408. The van der Waals surface area contributed by atoms with Crippen molar-refractivity contribution in [2.24, 2.45) is 0 Å². The van der Waals surface area contributed by atoms with Crippen LogP contribution < -0.4 is 0 Å². The molecule has 0 saturated heterocycles. The average Bonchev–Trinajstić information content (AvgIpc) is 1.41. The maximum atomic E-state index is 4.83. The van der Waals surface area contributed by atoms with E-state index in [0.717, 1.165) is 13.2 Å². The van der Waals surface area contributed by atoms with E-state index in [-0.39, 0.29) is 14.9 Å². The Labute approximate surface area is 47.7 Å². The third kappa shape index (κ3) is 24.3. The summed E-state index contributed by atoms with van der Waals surface area (Å²) in [5.41, 5.74) is 0. The van der Waals surface area contributed by atoms with Crippen LogP contribution in [0.1, 0.15) is 28.7 Å². The summed E-state index contributed by atoms with van der Waals surface area (Å²) in [6.07, 6.45) is 0. The van der Waals surface area contributed by atoms with Crippen molar-refractivity contribution >= 4 is 0 Å². The van der Waals surface area contributed by atoms with Crippen molar-refractivity contribution in [3.05, 3.63) is 0 Å². The molecule has 0 aliphatic rings. The fourth-order valence-corrected chi connectivity index (χ4v) is 0.204. The van der Waals surface area contributed by atoms with Crippen LogP contribution in [0.25, 0.3) is 0 Å². The zero-order valence-electron chi connectivity index (χ0n) is 3.82. The predicted octanol–water partition coefficient (Wildman–Crippen LogP) is 2.32. The lowest BCUT2D eigenvalue weighted by Gasteiger charge is -1.86. The molecule has 0 radical (unpaired) electrons. The molecule has 0 aromatic heterocycles. The molecular formula is C6H18O. The zero-order chi connectivity index (χ0) is 4.12. The molecule has 1 heteroatoms. The van der Waals surface area contributed by atoms with Crippen molar-refractivity contribution < 1.29 is 4.74 Å². The molecule has 0 saturated carbocycles. The minimum atomic E-state index is 0. The topological polar surface area (TPSA) is 9.23 Å². The Balaban J connectivity index is -0.0000000800.